The molecule has 0 amide bonds. The SMILES string of the molecule is CCC(C)(CC)CNCC(C)C. The Morgan fingerprint density at radius 2 is 1.67 bits per heavy atom. The number of nitrogens with one attached hydrogen (secondary N) is 1. The summed E-state index contributed by atoms with van der Waals surface area (Å²) in [4.78, 5) is 0. The van der Waals surface area contributed by atoms with Crippen molar-refractivity contribution in [3.05, 3.63) is 0 Å². The van der Waals surface area contributed by atoms with E-state index in [1.165, 1.54) is 12.8 Å². The molecular weight excluding hydrogens is 146 g/mol. The van der Waals surface area contributed by atoms with Gasteiger partial charge in [0.25, 0.3) is 0 Å². The molecule has 12 heavy (non-hydrogen) atoms. The highest BCUT2D eigenvalue weighted by Crippen LogP contribution is 2.23. The summed E-state index contributed by atoms with van der Waals surface area (Å²) in [5.41, 5.74) is 0.509. The summed E-state index contributed by atoms with van der Waals surface area (Å²) in [6.07, 6.45) is 2.54. The first-order valence-electron chi connectivity index (χ1n) is 5.24. The van der Waals surface area contributed by atoms with Gasteiger partial charge in [-0.15, -0.1) is 0 Å². The number of hydrogen-bond donors (Lipinski definition) is 1. The maximum absolute atomic E-state index is 3.53. The quantitative estimate of drug-likeness (QED) is 0.647. The molecular formula is C11H25N. The van der Waals surface area contributed by atoms with E-state index in [-0.39, 0.29) is 0 Å². The highest BCUT2D eigenvalue weighted by Gasteiger charge is 2.18. The van der Waals surface area contributed by atoms with E-state index in [0.29, 0.717) is 5.41 Å². The minimum Gasteiger partial charge on any atom is -0.316 e. The first-order valence-corrected chi connectivity index (χ1v) is 5.24. The first-order chi connectivity index (χ1) is 5.54. The van der Waals surface area contributed by atoms with Crippen LogP contribution in [-0.4, -0.2) is 13.1 Å². The van der Waals surface area contributed by atoms with Crippen molar-refractivity contribution in [1.29, 1.82) is 0 Å². The average molecular weight is 171 g/mol. The third-order valence-corrected chi connectivity index (χ3v) is 2.81. The lowest BCUT2D eigenvalue weighted by Crippen LogP contribution is -2.32. The molecule has 0 saturated carbocycles. The largest absolute Gasteiger partial charge is 0.316 e. The fraction of sp³-hybridized carbons (Fsp3) is 1.00. The number of rotatable bonds is 6. The molecule has 74 valence electrons. The Morgan fingerprint density at radius 3 is 2.00 bits per heavy atom. The Morgan fingerprint density at radius 1 is 1.17 bits per heavy atom. The smallest absolute Gasteiger partial charge is 0.000507 e. The second-order valence-electron chi connectivity index (χ2n) is 4.54. The molecule has 1 nitrogen and oxygen atoms in total. The lowest BCUT2D eigenvalue weighted by Gasteiger charge is -2.27. The van der Waals surface area contributed by atoms with Crippen LogP contribution in [0.2, 0.25) is 0 Å². The van der Waals surface area contributed by atoms with Gasteiger partial charge in [0.05, 0.1) is 0 Å². The molecule has 0 aromatic carbocycles. The third kappa shape index (κ3) is 4.76. The minimum atomic E-state index is 0.509. The van der Waals surface area contributed by atoms with Crippen molar-refractivity contribution >= 4 is 0 Å². The predicted molar refractivity (Wildman–Crippen MR) is 56.4 cm³/mol. The summed E-state index contributed by atoms with van der Waals surface area (Å²) in [6.45, 7) is 13.7. The van der Waals surface area contributed by atoms with Crippen molar-refractivity contribution in [1.82, 2.24) is 5.32 Å². The molecule has 0 bridgehead atoms. The normalized spacial score (nSPS) is 12.5. The molecule has 0 unspecified atom stereocenters. The van der Waals surface area contributed by atoms with Crippen molar-refractivity contribution in [2.75, 3.05) is 13.1 Å². The van der Waals surface area contributed by atoms with Crippen molar-refractivity contribution in [2.45, 2.75) is 47.5 Å². The fourth-order valence-corrected chi connectivity index (χ4v) is 1.16. The van der Waals surface area contributed by atoms with E-state index in [4.69, 9.17) is 0 Å². The zero-order valence-corrected chi connectivity index (χ0v) is 9.41. The van der Waals surface area contributed by atoms with Crippen molar-refractivity contribution in [3.63, 3.8) is 0 Å². The van der Waals surface area contributed by atoms with Gasteiger partial charge in [0.2, 0.25) is 0 Å². The highest BCUT2D eigenvalue weighted by atomic mass is 14.9. The molecule has 0 radical (unpaired) electrons. The highest BCUT2D eigenvalue weighted by molar-refractivity contribution is 4.73. The molecule has 0 heterocycles. The monoisotopic (exact) mass is 171 g/mol. The van der Waals surface area contributed by atoms with Crippen LogP contribution < -0.4 is 5.32 Å². The van der Waals surface area contributed by atoms with Crippen molar-refractivity contribution in [2.24, 2.45) is 11.3 Å². The summed E-state index contributed by atoms with van der Waals surface area (Å²) in [7, 11) is 0. The Bertz CT molecular complexity index is 104. The van der Waals surface area contributed by atoms with E-state index in [1.54, 1.807) is 0 Å². The summed E-state index contributed by atoms with van der Waals surface area (Å²) in [5.74, 6) is 0.767. The predicted octanol–water partition coefficient (Wildman–Crippen LogP) is 3.06. The summed E-state index contributed by atoms with van der Waals surface area (Å²) >= 11 is 0. The second-order valence-corrected chi connectivity index (χ2v) is 4.54. The Kier molecular flexibility index (Phi) is 5.56. The van der Waals surface area contributed by atoms with Gasteiger partial charge < -0.3 is 5.32 Å². The average Bonchev–Trinajstić information content (AvgIpc) is 2.03. The number of hydrogen-bond acceptors (Lipinski definition) is 1. The Labute approximate surface area is 77.9 Å². The van der Waals surface area contributed by atoms with Crippen LogP contribution in [0, 0.1) is 11.3 Å². The lowest BCUT2D eigenvalue weighted by atomic mass is 9.85. The first kappa shape index (κ1) is 12.0. The van der Waals surface area contributed by atoms with Gasteiger partial charge in [-0.25, -0.2) is 0 Å². The van der Waals surface area contributed by atoms with Gasteiger partial charge in [-0.05, 0) is 30.7 Å². The minimum absolute atomic E-state index is 0.509. The molecule has 0 atom stereocenters. The van der Waals surface area contributed by atoms with Gasteiger partial charge in [-0.1, -0.05) is 34.6 Å². The van der Waals surface area contributed by atoms with E-state index in [2.05, 4.69) is 39.9 Å². The van der Waals surface area contributed by atoms with Crippen LogP contribution in [0.15, 0.2) is 0 Å². The van der Waals surface area contributed by atoms with E-state index < -0.39 is 0 Å². The lowest BCUT2D eigenvalue weighted by molar-refractivity contribution is 0.277. The van der Waals surface area contributed by atoms with Crippen LogP contribution in [-0.2, 0) is 0 Å². The fourth-order valence-electron chi connectivity index (χ4n) is 1.16. The van der Waals surface area contributed by atoms with Crippen LogP contribution in [0.3, 0.4) is 0 Å². The summed E-state index contributed by atoms with van der Waals surface area (Å²) in [5, 5.41) is 3.53. The van der Waals surface area contributed by atoms with Gasteiger partial charge in [0.1, 0.15) is 0 Å². The molecule has 0 fully saturated rings. The summed E-state index contributed by atoms with van der Waals surface area (Å²) in [6, 6.07) is 0. The zero-order chi connectivity index (χ0) is 9.61. The molecule has 0 aliphatic heterocycles. The molecule has 0 spiro atoms. The van der Waals surface area contributed by atoms with Crippen LogP contribution >= 0.6 is 0 Å². The van der Waals surface area contributed by atoms with Gasteiger partial charge in [0.15, 0.2) is 0 Å². The van der Waals surface area contributed by atoms with Crippen molar-refractivity contribution in [3.8, 4) is 0 Å². The van der Waals surface area contributed by atoms with Crippen LogP contribution in [0.5, 0.6) is 0 Å². The van der Waals surface area contributed by atoms with E-state index >= 15 is 0 Å². The standard InChI is InChI=1S/C11H25N/c1-6-11(5,7-2)9-12-8-10(3)4/h10,12H,6-9H2,1-5H3. The molecule has 0 aromatic rings. The van der Waals surface area contributed by atoms with Gasteiger partial charge >= 0.3 is 0 Å². The topological polar surface area (TPSA) is 12.0 Å². The van der Waals surface area contributed by atoms with E-state index in [9.17, 15) is 0 Å². The Balaban J connectivity index is 3.58. The third-order valence-electron chi connectivity index (χ3n) is 2.81. The van der Waals surface area contributed by atoms with Crippen molar-refractivity contribution < 1.29 is 0 Å². The molecule has 0 saturated heterocycles. The van der Waals surface area contributed by atoms with Crippen LogP contribution in [0.4, 0.5) is 0 Å². The van der Waals surface area contributed by atoms with Gasteiger partial charge in [-0.3, -0.25) is 0 Å². The maximum Gasteiger partial charge on any atom is 0.000507 e. The maximum atomic E-state index is 3.53. The van der Waals surface area contributed by atoms with Gasteiger partial charge in [0, 0.05) is 6.54 Å². The Hall–Kier alpha value is -0.0400. The van der Waals surface area contributed by atoms with Crippen LogP contribution in [0.25, 0.3) is 0 Å². The molecule has 0 aromatic heterocycles. The molecule has 1 N–H and O–H groups in total. The molecule has 0 rings (SSSR count). The van der Waals surface area contributed by atoms with E-state index in [1.807, 2.05) is 0 Å². The molecule has 1 heteroatoms. The molecule has 0 aliphatic carbocycles. The van der Waals surface area contributed by atoms with Crippen LogP contribution in [0.1, 0.15) is 47.5 Å². The second kappa shape index (κ2) is 5.58. The zero-order valence-electron chi connectivity index (χ0n) is 9.41. The summed E-state index contributed by atoms with van der Waals surface area (Å²) < 4.78 is 0. The van der Waals surface area contributed by atoms with Gasteiger partial charge in [-0.2, -0.15) is 0 Å². The van der Waals surface area contributed by atoms with E-state index in [0.717, 1.165) is 19.0 Å². The molecule has 0 aliphatic rings.